The number of aryl methyl sites for hydroxylation is 1. The van der Waals surface area contributed by atoms with Gasteiger partial charge >= 0.3 is 0 Å². The number of H-pyrrole nitrogens is 1. The number of nitrogens with zero attached hydrogens (tertiary/aromatic N) is 1. The molecule has 12 heavy (non-hydrogen) atoms. The maximum atomic E-state index is 7.17. The summed E-state index contributed by atoms with van der Waals surface area (Å²) in [5.41, 5.74) is 2.84. The summed E-state index contributed by atoms with van der Waals surface area (Å²) < 4.78 is 0. The Balaban J connectivity index is 2.86. The fraction of sp³-hybridized carbons (Fsp3) is 0.111. The van der Waals surface area contributed by atoms with Crippen LogP contribution in [0.5, 0.6) is 0 Å². The van der Waals surface area contributed by atoms with Gasteiger partial charge in [-0.25, -0.2) is 4.98 Å². The van der Waals surface area contributed by atoms with Gasteiger partial charge in [0.15, 0.2) is 0 Å². The quantitative estimate of drug-likeness (QED) is 0.613. The van der Waals surface area contributed by atoms with Crippen molar-refractivity contribution in [3.05, 3.63) is 29.6 Å². The second kappa shape index (κ2) is 2.44. The number of nitrogens with one attached hydrogen (secondary N) is 2. The van der Waals surface area contributed by atoms with Gasteiger partial charge in [0.05, 0.1) is 0 Å². The van der Waals surface area contributed by atoms with E-state index in [9.17, 15) is 0 Å². The fourth-order valence-corrected chi connectivity index (χ4v) is 1.30. The molecule has 0 spiro atoms. The first-order chi connectivity index (χ1) is 5.81. The van der Waals surface area contributed by atoms with Crippen LogP contribution in [-0.4, -0.2) is 16.2 Å². The summed E-state index contributed by atoms with van der Waals surface area (Å²) in [6.07, 6.45) is 3.05. The standard InChI is InChI=1S/C9H9N3/c1-6-4-8-7(5-10)2-3-11-9(8)12-6/h2-5,10H,1H3,(H,11,12). The molecule has 0 saturated heterocycles. The minimum absolute atomic E-state index is 0.855. The van der Waals surface area contributed by atoms with E-state index < -0.39 is 0 Å². The van der Waals surface area contributed by atoms with Gasteiger partial charge in [-0.2, -0.15) is 0 Å². The zero-order chi connectivity index (χ0) is 8.55. The van der Waals surface area contributed by atoms with Gasteiger partial charge in [0, 0.05) is 29.1 Å². The molecule has 2 N–H and O–H groups in total. The van der Waals surface area contributed by atoms with Crippen molar-refractivity contribution >= 4 is 17.2 Å². The minimum Gasteiger partial charge on any atom is -0.344 e. The van der Waals surface area contributed by atoms with Crippen LogP contribution in [-0.2, 0) is 0 Å². The molecular weight excluding hydrogens is 150 g/mol. The Hall–Kier alpha value is -1.64. The zero-order valence-corrected chi connectivity index (χ0v) is 6.76. The van der Waals surface area contributed by atoms with Gasteiger partial charge in [-0.15, -0.1) is 0 Å². The Bertz CT molecular complexity index is 428. The molecule has 60 valence electrons. The van der Waals surface area contributed by atoms with Crippen LogP contribution in [0.15, 0.2) is 18.3 Å². The van der Waals surface area contributed by atoms with Crippen molar-refractivity contribution in [1.82, 2.24) is 9.97 Å². The summed E-state index contributed by atoms with van der Waals surface area (Å²) in [6.45, 7) is 1.98. The van der Waals surface area contributed by atoms with Crippen LogP contribution in [0.3, 0.4) is 0 Å². The molecule has 3 heteroatoms. The highest BCUT2D eigenvalue weighted by molar-refractivity contribution is 5.96. The first-order valence-corrected chi connectivity index (χ1v) is 3.76. The number of aromatic amines is 1. The minimum atomic E-state index is 0.855. The molecule has 0 amide bonds. The van der Waals surface area contributed by atoms with Gasteiger partial charge in [-0.3, -0.25) is 0 Å². The summed E-state index contributed by atoms with van der Waals surface area (Å²) in [4.78, 5) is 7.27. The van der Waals surface area contributed by atoms with Gasteiger partial charge in [0.1, 0.15) is 5.65 Å². The van der Waals surface area contributed by atoms with E-state index in [4.69, 9.17) is 5.41 Å². The van der Waals surface area contributed by atoms with E-state index in [1.54, 1.807) is 6.20 Å². The van der Waals surface area contributed by atoms with Crippen LogP contribution in [0, 0.1) is 12.3 Å². The monoisotopic (exact) mass is 159 g/mol. The molecule has 0 aliphatic rings. The summed E-state index contributed by atoms with van der Waals surface area (Å²) in [6, 6.07) is 3.84. The molecular formula is C9H9N3. The van der Waals surface area contributed by atoms with Crippen molar-refractivity contribution in [2.75, 3.05) is 0 Å². The van der Waals surface area contributed by atoms with Crippen molar-refractivity contribution in [3.8, 4) is 0 Å². The normalized spacial score (nSPS) is 10.4. The maximum absolute atomic E-state index is 7.17. The number of aromatic nitrogens is 2. The molecule has 0 aliphatic carbocycles. The molecule has 2 heterocycles. The van der Waals surface area contributed by atoms with Crippen molar-refractivity contribution < 1.29 is 0 Å². The molecule has 3 nitrogen and oxygen atoms in total. The lowest BCUT2D eigenvalue weighted by Gasteiger charge is -1.91. The molecule has 2 rings (SSSR count). The summed E-state index contributed by atoms with van der Waals surface area (Å²) in [7, 11) is 0. The Morgan fingerprint density at radius 1 is 1.58 bits per heavy atom. The van der Waals surface area contributed by atoms with E-state index in [2.05, 4.69) is 9.97 Å². The topological polar surface area (TPSA) is 52.5 Å². The van der Waals surface area contributed by atoms with Crippen LogP contribution >= 0.6 is 0 Å². The predicted molar refractivity (Wildman–Crippen MR) is 48.7 cm³/mol. The van der Waals surface area contributed by atoms with E-state index in [1.807, 2.05) is 19.1 Å². The number of hydrogen-bond donors (Lipinski definition) is 2. The van der Waals surface area contributed by atoms with Gasteiger partial charge in [0.25, 0.3) is 0 Å². The predicted octanol–water partition coefficient (Wildman–Crippen LogP) is 1.87. The van der Waals surface area contributed by atoms with Gasteiger partial charge in [0.2, 0.25) is 0 Å². The number of pyridine rings is 1. The van der Waals surface area contributed by atoms with E-state index in [-0.39, 0.29) is 0 Å². The Morgan fingerprint density at radius 3 is 3.17 bits per heavy atom. The summed E-state index contributed by atoms with van der Waals surface area (Å²) in [5, 5.41) is 8.19. The van der Waals surface area contributed by atoms with Crippen LogP contribution in [0.4, 0.5) is 0 Å². The number of fused-ring (bicyclic) bond motifs is 1. The number of rotatable bonds is 1. The van der Waals surface area contributed by atoms with Crippen molar-refractivity contribution in [1.29, 1.82) is 5.41 Å². The van der Waals surface area contributed by atoms with E-state index >= 15 is 0 Å². The molecule has 2 aromatic heterocycles. The average molecular weight is 159 g/mol. The largest absolute Gasteiger partial charge is 0.344 e. The first kappa shape index (κ1) is 7.03. The molecule has 0 radical (unpaired) electrons. The third kappa shape index (κ3) is 0.906. The molecule has 0 atom stereocenters. The van der Waals surface area contributed by atoms with Crippen LogP contribution in [0.25, 0.3) is 11.0 Å². The lowest BCUT2D eigenvalue weighted by molar-refractivity contribution is 1.25. The van der Waals surface area contributed by atoms with Gasteiger partial charge < -0.3 is 10.4 Å². The Morgan fingerprint density at radius 2 is 2.42 bits per heavy atom. The van der Waals surface area contributed by atoms with E-state index in [0.717, 1.165) is 22.3 Å². The lowest BCUT2D eigenvalue weighted by atomic mass is 10.2. The van der Waals surface area contributed by atoms with E-state index in [1.165, 1.54) is 6.21 Å². The van der Waals surface area contributed by atoms with Gasteiger partial charge in [-0.05, 0) is 19.1 Å². The summed E-state index contributed by atoms with van der Waals surface area (Å²) >= 11 is 0. The summed E-state index contributed by atoms with van der Waals surface area (Å²) in [5.74, 6) is 0. The van der Waals surface area contributed by atoms with Crippen molar-refractivity contribution in [3.63, 3.8) is 0 Å². The third-order valence-electron chi connectivity index (χ3n) is 1.86. The highest BCUT2D eigenvalue weighted by Gasteiger charge is 2.01. The molecule has 0 fully saturated rings. The van der Waals surface area contributed by atoms with Crippen molar-refractivity contribution in [2.45, 2.75) is 6.92 Å². The highest BCUT2D eigenvalue weighted by Crippen LogP contribution is 2.15. The molecule has 0 bridgehead atoms. The highest BCUT2D eigenvalue weighted by atomic mass is 14.8. The molecule has 0 saturated carbocycles. The lowest BCUT2D eigenvalue weighted by Crippen LogP contribution is -1.82. The Labute approximate surface area is 70.0 Å². The second-order valence-corrected chi connectivity index (χ2v) is 2.76. The van der Waals surface area contributed by atoms with Crippen molar-refractivity contribution in [2.24, 2.45) is 0 Å². The SMILES string of the molecule is Cc1cc2c(C=N)ccnc2[nH]1. The molecule has 2 aromatic rings. The smallest absolute Gasteiger partial charge is 0.138 e. The molecule has 0 unspecified atom stereocenters. The average Bonchev–Trinajstić information content (AvgIpc) is 2.44. The Kier molecular flexibility index (Phi) is 1.43. The van der Waals surface area contributed by atoms with Crippen LogP contribution in [0.1, 0.15) is 11.3 Å². The second-order valence-electron chi connectivity index (χ2n) is 2.76. The van der Waals surface area contributed by atoms with Crippen LogP contribution < -0.4 is 0 Å². The maximum Gasteiger partial charge on any atom is 0.138 e. The fourth-order valence-electron chi connectivity index (χ4n) is 1.30. The van der Waals surface area contributed by atoms with E-state index in [0.29, 0.717) is 0 Å². The molecule has 0 aliphatic heterocycles. The van der Waals surface area contributed by atoms with Gasteiger partial charge in [-0.1, -0.05) is 0 Å². The van der Waals surface area contributed by atoms with Crippen LogP contribution in [0.2, 0.25) is 0 Å². The first-order valence-electron chi connectivity index (χ1n) is 3.76. The third-order valence-corrected chi connectivity index (χ3v) is 1.86. The number of hydrogen-bond acceptors (Lipinski definition) is 2. The molecule has 0 aromatic carbocycles. The zero-order valence-electron chi connectivity index (χ0n) is 6.76.